The summed E-state index contributed by atoms with van der Waals surface area (Å²) >= 11 is 0. The minimum Gasteiger partial charge on any atom is -0.319 e. The highest BCUT2D eigenvalue weighted by Gasteiger charge is 2.18. The first-order chi connectivity index (χ1) is 8.54. The highest BCUT2D eigenvalue weighted by molar-refractivity contribution is 5.42. The third kappa shape index (κ3) is 2.16. The van der Waals surface area contributed by atoms with Crippen molar-refractivity contribution in [3.8, 4) is 0 Å². The van der Waals surface area contributed by atoms with Crippen molar-refractivity contribution in [1.29, 1.82) is 0 Å². The molecule has 0 saturated heterocycles. The molecule has 0 fully saturated rings. The summed E-state index contributed by atoms with van der Waals surface area (Å²) in [6.45, 7) is 9.14. The molecule has 1 aromatic heterocycles. The molecule has 1 aromatic carbocycles. The van der Waals surface area contributed by atoms with Crippen molar-refractivity contribution in [3.63, 3.8) is 0 Å². The summed E-state index contributed by atoms with van der Waals surface area (Å²) < 4.78 is 1.85. The molecule has 0 aliphatic heterocycles. The molecule has 0 spiro atoms. The van der Waals surface area contributed by atoms with Gasteiger partial charge in [-0.25, -0.2) is 4.68 Å². The summed E-state index contributed by atoms with van der Waals surface area (Å²) in [4.78, 5) is 0. The highest BCUT2D eigenvalue weighted by atomic mass is 15.4. The van der Waals surface area contributed by atoms with Crippen molar-refractivity contribution in [2.45, 2.75) is 40.3 Å². The van der Waals surface area contributed by atoms with Gasteiger partial charge in [0.1, 0.15) is 0 Å². The first-order valence-corrected chi connectivity index (χ1v) is 6.26. The summed E-state index contributed by atoms with van der Waals surface area (Å²) in [6, 6.07) is 4.17. The van der Waals surface area contributed by atoms with Crippen molar-refractivity contribution in [2.75, 3.05) is 0 Å². The van der Waals surface area contributed by atoms with Crippen LogP contribution in [0.2, 0.25) is 0 Å². The van der Waals surface area contributed by atoms with E-state index in [9.17, 15) is 0 Å². The van der Waals surface area contributed by atoms with Crippen molar-refractivity contribution in [1.82, 2.24) is 15.0 Å². The average Bonchev–Trinajstić information content (AvgIpc) is 2.75. The molecule has 1 unspecified atom stereocenters. The second-order valence-electron chi connectivity index (χ2n) is 4.76. The van der Waals surface area contributed by atoms with E-state index in [1.165, 1.54) is 22.3 Å². The van der Waals surface area contributed by atoms with Crippen LogP contribution in [-0.4, -0.2) is 15.0 Å². The number of hydrogen-bond donors (Lipinski definition) is 1. The lowest BCUT2D eigenvalue weighted by Crippen LogP contribution is -2.19. The molecule has 0 radical (unpaired) electrons. The predicted octanol–water partition coefficient (Wildman–Crippen LogP) is 2.27. The molecular weight excluding hydrogens is 224 g/mol. The van der Waals surface area contributed by atoms with Crippen molar-refractivity contribution in [3.05, 3.63) is 46.3 Å². The van der Waals surface area contributed by atoms with Crippen LogP contribution < -0.4 is 5.73 Å². The van der Waals surface area contributed by atoms with Gasteiger partial charge in [0.25, 0.3) is 0 Å². The molecule has 1 atom stereocenters. The molecule has 2 N–H and O–H groups in total. The summed E-state index contributed by atoms with van der Waals surface area (Å²) in [5.74, 6) is 0. The van der Waals surface area contributed by atoms with E-state index in [1.54, 1.807) is 6.20 Å². The minimum atomic E-state index is -0.166. The van der Waals surface area contributed by atoms with Gasteiger partial charge in [-0.15, -0.1) is 5.10 Å². The van der Waals surface area contributed by atoms with Gasteiger partial charge in [-0.2, -0.15) is 0 Å². The summed E-state index contributed by atoms with van der Waals surface area (Å²) in [5.41, 5.74) is 12.3. The summed E-state index contributed by atoms with van der Waals surface area (Å²) in [6.07, 6.45) is 1.76. The molecule has 96 valence electrons. The Bertz CT molecular complexity index is 534. The third-order valence-electron chi connectivity index (χ3n) is 3.31. The fourth-order valence-corrected chi connectivity index (χ4v) is 2.58. The second-order valence-corrected chi connectivity index (χ2v) is 4.76. The quantitative estimate of drug-likeness (QED) is 0.901. The molecule has 0 bridgehead atoms. The molecule has 18 heavy (non-hydrogen) atoms. The molecule has 4 nitrogen and oxygen atoms in total. The average molecular weight is 244 g/mol. The standard InChI is InChI=1S/C14H20N4/c1-5-18-12(8-16-17-18)14(15)13-10(3)6-9(2)7-11(13)4/h6-8,14H,5,15H2,1-4H3. The number of rotatable bonds is 3. The number of nitrogens with zero attached hydrogens (tertiary/aromatic N) is 3. The molecule has 2 rings (SSSR count). The molecule has 0 saturated carbocycles. The van der Waals surface area contributed by atoms with Gasteiger partial charge in [0, 0.05) is 6.54 Å². The number of nitrogens with two attached hydrogens (primary N) is 1. The van der Waals surface area contributed by atoms with E-state index >= 15 is 0 Å². The smallest absolute Gasteiger partial charge is 0.0799 e. The molecule has 2 aromatic rings. The topological polar surface area (TPSA) is 56.7 Å². The second kappa shape index (κ2) is 4.90. The molecule has 1 heterocycles. The first kappa shape index (κ1) is 12.8. The van der Waals surface area contributed by atoms with Gasteiger partial charge in [-0.3, -0.25) is 0 Å². The Hall–Kier alpha value is -1.68. The van der Waals surface area contributed by atoms with E-state index in [2.05, 4.69) is 43.2 Å². The van der Waals surface area contributed by atoms with Crippen LogP contribution in [0.15, 0.2) is 18.3 Å². The Labute approximate surface area is 108 Å². The maximum atomic E-state index is 6.39. The lowest BCUT2D eigenvalue weighted by Gasteiger charge is -2.18. The van der Waals surface area contributed by atoms with Crippen LogP contribution >= 0.6 is 0 Å². The summed E-state index contributed by atoms with van der Waals surface area (Å²) in [5, 5.41) is 7.99. The summed E-state index contributed by atoms with van der Waals surface area (Å²) in [7, 11) is 0. The van der Waals surface area contributed by atoms with E-state index < -0.39 is 0 Å². The fraction of sp³-hybridized carbons (Fsp3) is 0.429. The Morgan fingerprint density at radius 2 is 1.83 bits per heavy atom. The maximum absolute atomic E-state index is 6.39. The van der Waals surface area contributed by atoms with Crippen LogP contribution in [-0.2, 0) is 6.54 Å². The van der Waals surface area contributed by atoms with Crippen molar-refractivity contribution in [2.24, 2.45) is 5.73 Å². The van der Waals surface area contributed by atoms with Crippen LogP contribution in [0.3, 0.4) is 0 Å². The van der Waals surface area contributed by atoms with E-state index in [1.807, 2.05) is 11.6 Å². The van der Waals surface area contributed by atoms with Crippen molar-refractivity contribution < 1.29 is 0 Å². The van der Waals surface area contributed by atoms with Gasteiger partial charge in [0.15, 0.2) is 0 Å². The monoisotopic (exact) mass is 244 g/mol. The van der Waals surface area contributed by atoms with Crippen LogP contribution in [0.25, 0.3) is 0 Å². The van der Waals surface area contributed by atoms with Crippen LogP contribution in [0.1, 0.15) is 40.9 Å². The van der Waals surface area contributed by atoms with Gasteiger partial charge in [-0.05, 0) is 44.4 Å². The van der Waals surface area contributed by atoms with Crippen molar-refractivity contribution >= 4 is 0 Å². The Morgan fingerprint density at radius 3 is 2.39 bits per heavy atom. The lowest BCUT2D eigenvalue weighted by molar-refractivity contribution is 0.580. The zero-order valence-corrected chi connectivity index (χ0v) is 11.4. The lowest BCUT2D eigenvalue weighted by atomic mass is 9.93. The van der Waals surface area contributed by atoms with E-state index in [4.69, 9.17) is 5.73 Å². The van der Waals surface area contributed by atoms with Gasteiger partial charge in [0.05, 0.1) is 17.9 Å². The molecular formula is C14H20N4. The van der Waals surface area contributed by atoms with E-state index in [0.717, 1.165) is 12.2 Å². The van der Waals surface area contributed by atoms with Crippen LogP contribution in [0.4, 0.5) is 0 Å². The molecule has 4 heteroatoms. The van der Waals surface area contributed by atoms with Gasteiger partial charge in [-0.1, -0.05) is 22.9 Å². The third-order valence-corrected chi connectivity index (χ3v) is 3.31. The largest absolute Gasteiger partial charge is 0.319 e. The zero-order valence-electron chi connectivity index (χ0n) is 11.4. The molecule has 0 aliphatic carbocycles. The van der Waals surface area contributed by atoms with Gasteiger partial charge >= 0.3 is 0 Å². The SMILES string of the molecule is CCn1nncc1C(N)c1c(C)cc(C)cc1C. The minimum absolute atomic E-state index is 0.166. The fourth-order valence-electron chi connectivity index (χ4n) is 2.58. The van der Waals surface area contributed by atoms with E-state index in [0.29, 0.717) is 0 Å². The first-order valence-electron chi connectivity index (χ1n) is 6.26. The maximum Gasteiger partial charge on any atom is 0.0799 e. The van der Waals surface area contributed by atoms with E-state index in [-0.39, 0.29) is 6.04 Å². The number of aryl methyl sites for hydroxylation is 4. The number of aromatic nitrogens is 3. The Kier molecular flexibility index (Phi) is 3.48. The van der Waals surface area contributed by atoms with Gasteiger partial charge in [0.2, 0.25) is 0 Å². The van der Waals surface area contributed by atoms with Crippen LogP contribution in [0.5, 0.6) is 0 Å². The zero-order chi connectivity index (χ0) is 13.3. The van der Waals surface area contributed by atoms with Gasteiger partial charge < -0.3 is 5.73 Å². The molecule has 0 amide bonds. The van der Waals surface area contributed by atoms with Crippen LogP contribution in [0, 0.1) is 20.8 Å². The predicted molar refractivity (Wildman–Crippen MR) is 72.4 cm³/mol. The highest BCUT2D eigenvalue weighted by Crippen LogP contribution is 2.26. The number of hydrogen-bond acceptors (Lipinski definition) is 3. The Morgan fingerprint density at radius 1 is 1.22 bits per heavy atom. The Balaban J connectivity index is 2.49. The molecule has 0 aliphatic rings. The number of benzene rings is 1. The normalized spacial score (nSPS) is 12.7.